The largest absolute Gasteiger partial charge is 0.308 e. The lowest BCUT2D eigenvalue weighted by Gasteiger charge is -2.36. The Labute approximate surface area is 298 Å². The molecular weight excluding hydrogens is 624 g/mol. The average molecular weight is 659 g/mol. The van der Waals surface area contributed by atoms with Gasteiger partial charge in [0.1, 0.15) is 5.82 Å². The van der Waals surface area contributed by atoms with Crippen LogP contribution in [0.1, 0.15) is 59.7 Å². The fourth-order valence-electron chi connectivity index (χ4n) is 10.2. The maximum atomic E-state index is 16.4. The van der Waals surface area contributed by atoms with E-state index < -0.39 is 11.2 Å². The van der Waals surface area contributed by atoms with E-state index in [0.29, 0.717) is 17.2 Å². The molecule has 51 heavy (non-hydrogen) atoms. The summed E-state index contributed by atoms with van der Waals surface area (Å²) in [6.07, 6.45) is 8.99. The highest BCUT2D eigenvalue weighted by Crippen LogP contribution is 2.63. The number of anilines is 3. The summed E-state index contributed by atoms with van der Waals surface area (Å²) < 4.78 is 16.4. The van der Waals surface area contributed by atoms with Gasteiger partial charge in [-0.15, -0.1) is 0 Å². The minimum Gasteiger partial charge on any atom is -0.308 e. The molecule has 1 spiro atoms. The van der Waals surface area contributed by atoms with E-state index in [-0.39, 0.29) is 10.8 Å². The van der Waals surface area contributed by atoms with Gasteiger partial charge in [0, 0.05) is 16.8 Å². The number of halogens is 1. The molecule has 6 aromatic carbocycles. The van der Waals surface area contributed by atoms with Crippen molar-refractivity contribution < 1.29 is 4.39 Å². The molecule has 0 saturated carbocycles. The van der Waals surface area contributed by atoms with Crippen LogP contribution >= 0.6 is 0 Å². The molecule has 0 aromatic heterocycles. The number of nitriles is 1. The molecule has 3 heteroatoms. The second kappa shape index (κ2) is 10.3. The van der Waals surface area contributed by atoms with Crippen LogP contribution in [0.5, 0.6) is 0 Å². The fraction of sp³-hybridized carbons (Fsp3) is 0.146. The van der Waals surface area contributed by atoms with Gasteiger partial charge in [-0.25, -0.2) is 4.39 Å². The lowest BCUT2D eigenvalue weighted by atomic mass is 9.67. The van der Waals surface area contributed by atoms with E-state index in [2.05, 4.69) is 160 Å². The average Bonchev–Trinajstić information content (AvgIpc) is 3.69. The zero-order chi connectivity index (χ0) is 34.7. The first kappa shape index (κ1) is 29.9. The van der Waals surface area contributed by atoms with E-state index in [1.807, 2.05) is 4.90 Å². The lowest BCUT2D eigenvalue weighted by molar-refractivity contribution is 0.324. The minimum atomic E-state index is -0.521. The third kappa shape index (κ3) is 3.75. The first-order valence-electron chi connectivity index (χ1n) is 17.7. The van der Waals surface area contributed by atoms with E-state index in [1.54, 1.807) is 12.1 Å². The summed E-state index contributed by atoms with van der Waals surface area (Å²) >= 11 is 0. The Balaban J connectivity index is 1.24. The Morgan fingerprint density at radius 1 is 0.588 bits per heavy atom. The molecule has 10 rings (SSSR count). The summed E-state index contributed by atoms with van der Waals surface area (Å²) in [5, 5.41) is 9.64. The van der Waals surface area contributed by atoms with Crippen LogP contribution in [0.3, 0.4) is 0 Å². The monoisotopic (exact) mass is 658 g/mol. The first-order valence-corrected chi connectivity index (χ1v) is 17.7. The van der Waals surface area contributed by atoms with Crippen molar-refractivity contribution in [2.75, 3.05) is 4.90 Å². The third-order valence-electron chi connectivity index (χ3n) is 12.4. The van der Waals surface area contributed by atoms with Crippen LogP contribution in [0, 0.1) is 23.1 Å². The van der Waals surface area contributed by atoms with E-state index >= 15 is 4.39 Å². The molecule has 2 atom stereocenters. The van der Waals surface area contributed by atoms with Gasteiger partial charge in [-0.05, 0) is 109 Å². The van der Waals surface area contributed by atoms with Crippen molar-refractivity contribution in [3.63, 3.8) is 0 Å². The van der Waals surface area contributed by atoms with Gasteiger partial charge in [-0.2, -0.15) is 5.26 Å². The predicted octanol–water partition coefficient (Wildman–Crippen LogP) is 11.8. The van der Waals surface area contributed by atoms with Gasteiger partial charge in [0.25, 0.3) is 0 Å². The van der Waals surface area contributed by atoms with Crippen molar-refractivity contribution in [3.8, 4) is 28.3 Å². The first-order chi connectivity index (χ1) is 24.8. The molecule has 0 radical (unpaired) electrons. The van der Waals surface area contributed by atoms with Gasteiger partial charge in [0.2, 0.25) is 0 Å². The highest BCUT2D eigenvalue weighted by atomic mass is 19.1. The normalized spacial score (nSPS) is 20.2. The summed E-state index contributed by atoms with van der Waals surface area (Å²) in [6, 6.07) is 46.6. The van der Waals surface area contributed by atoms with Crippen LogP contribution in [0.15, 0.2) is 152 Å². The van der Waals surface area contributed by atoms with Crippen LogP contribution < -0.4 is 4.90 Å². The number of allylic oxidation sites excluding steroid dienone is 4. The molecular formula is C48H35FN2. The maximum absolute atomic E-state index is 16.4. The summed E-state index contributed by atoms with van der Waals surface area (Å²) in [4.78, 5) is 2.05. The Morgan fingerprint density at radius 3 is 1.76 bits per heavy atom. The van der Waals surface area contributed by atoms with Gasteiger partial charge < -0.3 is 4.90 Å². The Bertz CT molecular complexity index is 2520. The number of benzene rings is 6. The smallest absolute Gasteiger partial charge is 0.148 e. The minimum absolute atomic E-state index is 0.119. The maximum Gasteiger partial charge on any atom is 0.148 e. The van der Waals surface area contributed by atoms with Gasteiger partial charge in [-0.3, -0.25) is 0 Å². The van der Waals surface area contributed by atoms with Crippen molar-refractivity contribution in [3.05, 3.63) is 196 Å². The van der Waals surface area contributed by atoms with Crippen molar-refractivity contribution in [1.29, 1.82) is 5.26 Å². The van der Waals surface area contributed by atoms with E-state index in [9.17, 15) is 5.26 Å². The van der Waals surface area contributed by atoms with Gasteiger partial charge in [-0.1, -0.05) is 130 Å². The topological polar surface area (TPSA) is 27.0 Å². The summed E-state index contributed by atoms with van der Waals surface area (Å²) in [5.41, 5.74) is 14.1. The zero-order valence-corrected chi connectivity index (χ0v) is 28.8. The molecule has 0 heterocycles. The molecule has 244 valence electrons. The number of hydrogen-bond acceptors (Lipinski definition) is 2. The van der Waals surface area contributed by atoms with E-state index in [0.717, 1.165) is 11.4 Å². The van der Waals surface area contributed by atoms with Crippen LogP contribution in [-0.4, -0.2) is 0 Å². The van der Waals surface area contributed by atoms with Crippen molar-refractivity contribution in [1.82, 2.24) is 0 Å². The Morgan fingerprint density at radius 2 is 1.16 bits per heavy atom. The standard InChI is InChI=1S/C48H35FN2/c1-46(2)42-28-32(21-23-40(42)47(3)25-11-10-18-45(46)47)51(44-24-19-30(29-50)26-43(44)49)31-20-22-36-35-14-6-9-17-39(35)48(41(36)27-31)37-15-7-4-12-33(37)34-13-5-8-16-38(34)48/h4-28,45H,1-3H3. The van der Waals surface area contributed by atoms with Crippen molar-refractivity contribution >= 4 is 17.1 Å². The number of rotatable bonds is 3. The molecule has 0 saturated heterocycles. The molecule has 0 aliphatic heterocycles. The van der Waals surface area contributed by atoms with E-state index in [4.69, 9.17) is 0 Å². The number of nitrogens with zero attached hydrogens (tertiary/aromatic N) is 2. The summed E-state index contributed by atoms with van der Waals surface area (Å²) in [6.45, 7) is 6.98. The Hall–Kier alpha value is -5.98. The highest BCUT2D eigenvalue weighted by molar-refractivity contribution is 5.96. The van der Waals surface area contributed by atoms with Gasteiger partial charge in [0.15, 0.2) is 0 Å². The van der Waals surface area contributed by atoms with Crippen molar-refractivity contribution in [2.45, 2.75) is 37.0 Å². The third-order valence-corrected chi connectivity index (χ3v) is 12.4. The summed E-state index contributed by atoms with van der Waals surface area (Å²) in [7, 11) is 0. The molecule has 4 aliphatic carbocycles. The van der Waals surface area contributed by atoms with Gasteiger partial charge in [0.05, 0.1) is 22.7 Å². The summed E-state index contributed by atoms with van der Waals surface area (Å²) in [5.74, 6) is -0.128. The molecule has 0 fully saturated rings. The van der Waals surface area contributed by atoms with Crippen LogP contribution in [-0.2, 0) is 16.2 Å². The molecule has 0 N–H and O–H groups in total. The molecule has 0 bridgehead atoms. The second-order valence-electron chi connectivity index (χ2n) is 15.2. The second-order valence-corrected chi connectivity index (χ2v) is 15.2. The quantitative estimate of drug-likeness (QED) is 0.189. The SMILES string of the molecule is CC1(C)c2cc(N(c3ccc4c(c3)C3(c5ccccc5-c5ccccc53)c3ccccc3-4)c3ccc(C#N)cc3F)ccc2C2(C)C=CC=CC12. The zero-order valence-electron chi connectivity index (χ0n) is 28.8. The van der Waals surface area contributed by atoms with Gasteiger partial charge >= 0.3 is 0 Å². The van der Waals surface area contributed by atoms with Crippen molar-refractivity contribution in [2.24, 2.45) is 5.92 Å². The number of fused-ring (bicyclic) bond motifs is 13. The molecule has 6 aromatic rings. The van der Waals surface area contributed by atoms with Crippen LogP contribution in [0.2, 0.25) is 0 Å². The molecule has 0 amide bonds. The highest BCUT2D eigenvalue weighted by Gasteiger charge is 2.53. The van der Waals surface area contributed by atoms with Crippen LogP contribution in [0.25, 0.3) is 22.3 Å². The Kier molecular flexibility index (Phi) is 6.03. The lowest BCUT2D eigenvalue weighted by Crippen LogP contribution is -2.34. The molecule has 2 unspecified atom stereocenters. The molecule has 2 nitrogen and oxygen atoms in total. The number of hydrogen-bond donors (Lipinski definition) is 0. The molecule has 4 aliphatic rings. The van der Waals surface area contributed by atoms with Crippen LogP contribution in [0.4, 0.5) is 21.5 Å². The fourth-order valence-corrected chi connectivity index (χ4v) is 10.2. The predicted molar refractivity (Wildman–Crippen MR) is 204 cm³/mol. The van der Waals surface area contributed by atoms with E-state index in [1.165, 1.54) is 61.7 Å².